The van der Waals surface area contributed by atoms with Gasteiger partial charge in [-0.3, -0.25) is 4.79 Å². The van der Waals surface area contributed by atoms with Crippen molar-refractivity contribution in [3.63, 3.8) is 0 Å². The first kappa shape index (κ1) is 18.1. The van der Waals surface area contributed by atoms with Gasteiger partial charge in [0.05, 0.1) is 11.0 Å². The molecular weight excluding hydrogens is 350 g/mol. The minimum Gasteiger partial charge on any atom is -0.491 e. The molecule has 3 aromatic rings. The Labute approximate surface area is 156 Å². The smallest absolute Gasteiger partial charge is 0.254 e. The largest absolute Gasteiger partial charge is 0.491 e. The maximum Gasteiger partial charge on any atom is 0.254 e. The lowest BCUT2D eigenvalue weighted by Crippen LogP contribution is -2.30. The molecule has 7 heteroatoms. The van der Waals surface area contributed by atoms with Crippen molar-refractivity contribution in [1.29, 1.82) is 0 Å². The van der Waals surface area contributed by atoms with Gasteiger partial charge in [0, 0.05) is 12.1 Å². The van der Waals surface area contributed by atoms with E-state index in [4.69, 9.17) is 9.26 Å². The molecule has 0 spiro atoms. The van der Waals surface area contributed by atoms with Crippen LogP contribution >= 0.6 is 11.3 Å². The molecule has 0 saturated heterocycles. The molecule has 26 heavy (non-hydrogen) atoms. The second kappa shape index (κ2) is 8.14. The van der Waals surface area contributed by atoms with Crippen LogP contribution in [0, 0.1) is 0 Å². The number of hydrogen-bond acceptors (Lipinski definition) is 6. The second-order valence-electron chi connectivity index (χ2n) is 6.00. The maximum atomic E-state index is 12.7. The van der Waals surface area contributed by atoms with Crippen molar-refractivity contribution in [1.82, 2.24) is 15.0 Å². The third-order valence-electron chi connectivity index (χ3n) is 3.68. The number of thiophene rings is 1. The lowest BCUT2D eigenvalue weighted by molar-refractivity contribution is 0.0734. The molecule has 0 fully saturated rings. The molecule has 0 aliphatic carbocycles. The van der Waals surface area contributed by atoms with Gasteiger partial charge >= 0.3 is 0 Å². The predicted molar refractivity (Wildman–Crippen MR) is 100 cm³/mol. The van der Waals surface area contributed by atoms with Crippen molar-refractivity contribution in [2.75, 3.05) is 6.54 Å². The van der Waals surface area contributed by atoms with Crippen molar-refractivity contribution < 1.29 is 14.1 Å². The highest BCUT2D eigenvalue weighted by Gasteiger charge is 2.18. The number of carbonyl (C=O) groups excluding carboxylic acids is 1. The summed E-state index contributed by atoms with van der Waals surface area (Å²) in [4.78, 5) is 19.7. The summed E-state index contributed by atoms with van der Waals surface area (Å²) in [6.45, 7) is 6.67. The van der Waals surface area contributed by atoms with Gasteiger partial charge in [-0.05, 0) is 56.5 Å². The molecule has 136 valence electrons. The summed E-state index contributed by atoms with van der Waals surface area (Å²) in [5.74, 6) is 1.63. The van der Waals surface area contributed by atoms with E-state index in [0.29, 0.717) is 23.8 Å². The van der Waals surface area contributed by atoms with Crippen molar-refractivity contribution in [2.24, 2.45) is 0 Å². The number of hydrogen-bond donors (Lipinski definition) is 0. The van der Waals surface area contributed by atoms with E-state index < -0.39 is 0 Å². The van der Waals surface area contributed by atoms with Crippen molar-refractivity contribution in [3.8, 4) is 16.5 Å². The highest BCUT2D eigenvalue weighted by molar-refractivity contribution is 7.13. The van der Waals surface area contributed by atoms with Gasteiger partial charge in [-0.15, -0.1) is 11.3 Å². The fraction of sp³-hybridized carbons (Fsp3) is 0.316. The molecule has 0 atom stereocenters. The molecule has 0 bridgehead atoms. The Kier molecular flexibility index (Phi) is 5.68. The lowest BCUT2D eigenvalue weighted by atomic mass is 10.2. The molecule has 0 N–H and O–H groups in total. The molecule has 0 radical (unpaired) electrons. The predicted octanol–water partition coefficient (Wildman–Crippen LogP) is 4.25. The highest BCUT2D eigenvalue weighted by Crippen LogP contribution is 2.22. The Morgan fingerprint density at radius 3 is 2.65 bits per heavy atom. The van der Waals surface area contributed by atoms with E-state index in [-0.39, 0.29) is 18.6 Å². The summed E-state index contributed by atoms with van der Waals surface area (Å²) in [7, 11) is 0. The normalized spacial score (nSPS) is 10.9. The third-order valence-corrected chi connectivity index (χ3v) is 4.54. The molecule has 6 nitrogen and oxygen atoms in total. The SMILES string of the molecule is CCN(Cc1nc(-c2cccs2)no1)C(=O)c1ccc(OC(C)C)cc1. The molecule has 0 aliphatic heterocycles. The summed E-state index contributed by atoms with van der Waals surface area (Å²) in [6, 6.07) is 11.0. The number of ether oxygens (including phenoxy) is 1. The van der Waals surface area contributed by atoms with Crippen LogP contribution in [-0.2, 0) is 6.54 Å². The fourth-order valence-electron chi connectivity index (χ4n) is 2.45. The molecule has 0 saturated carbocycles. The Hall–Kier alpha value is -2.67. The van der Waals surface area contributed by atoms with Crippen LogP contribution in [0.5, 0.6) is 5.75 Å². The van der Waals surface area contributed by atoms with E-state index in [0.717, 1.165) is 10.6 Å². The number of nitrogens with zero attached hydrogens (tertiary/aromatic N) is 3. The maximum absolute atomic E-state index is 12.7. The average Bonchev–Trinajstić information content (AvgIpc) is 3.30. The van der Waals surface area contributed by atoms with Gasteiger partial charge in [-0.25, -0.2) is 0 Å². The molecular formula is C19H21N3O3S. The third kappa shape index (κ3) is 4.29. The van der Waals surface area contributed by atoms with Gasteiger partial charge in [-0.2, -0.15) is 4.98 Å². The average molecular weight is 371 g/mol. The molecule has 0 unspecified atom stereocenters. The van der Waals surface area contributed by atoms with E-state index >= 15 is 0 Å². The van der Waals surface area contributed by atoms with Crippen molar-refractivity contribution in [2.45, 2.75) is 33.4 Å². The highest BCUT2D eigenvalue weighted by atomic mass is 32.1. The zero-order valence-electron chi connectivity index (χ0n) is 15.0. The first-order chi connectivity index (χ1) is 12.6. The van der Waals surface area contributed by atoms with E-state index in [2.05, 4.69) is 10.1 Å². The number of rotatable bonds is 7. The molecule has 2 aromatic heterocycles. The Morgan fingerprint density at radius 1 is 1.27 bits per heavy atom. The summed E-state index contributed by atoms with van der Waals surface area (Å²) in [5.41, 5.74) is 0.598. The monoisotopic (exact) mass is 371 g/mol. The Balaban J connectivity index is 1.69. The zero-order chi connectivity index (χ0) is 18.5. The van der Waals surface area contributed by atoms with Crippen LogP contribution in [0.25, 0.3) is 10.7 Å². The van der Waals surface area contributed by atoms with Crippen LogP contribution in [0.1, 0.15) is 37.0 Å². The summed E-state index contributed by atoms with van der Waals surface area (Å²) >= 11 is 1.55. The number of carbonyl (C=O) groups is 1. The molecule has 1 aromatic carbocycles. The quantitative estimate of drug-likeness (QED) is 0.621. The summed E-state index contributed by atoms with van der Waals surface area (Å²) < 4.78 is 10.9. The molecule has 2 heterocycles. The second-order valence-corrected chi connectivity index (χ2v) is 6.95. The number of benzene rings is 1. The molecule has 0 aliphatic rings. The van der Waals surface area contributed by atoms with Crippen LogP contribution in [-0.4, -0.2) is 33.6 Å². The van der Waals surface area contributed by atoms with Gasteiger partial charge in [0.25, 0.3) is 5.91 Å². The molecule has 3 rings (SSSR count). The van der Waals surface area contributed by atoms with E-state index in [1.807, 2.05) is 50.4 Å². The lowest BCUT2D eigenvalue weighted by Gasteiger charge is -2.19. The Morgan fingerprint density at radius 2 is 2.04 bits per heavy atom. The number of amides is 1. The van der Waals surface area contributed by atoms with E-state index in [1.165, 1.54) is 0 Å². The first-order valence-electron chi connectivity index (χ1n) is 8.49. The van der Waals surface area contributed by atoms with Crippen LogP contribution in [0.15, 0.2) is 46.3 Å². The zero-order valence-corrected chi connectivity index (χ0v) is 15.8. The van der Waals surface area contributed by atoms with E-state index in [1.54, 1.807) is 28.4 Å². The standard InChI is InChI=1S/C19H21N3O3S/c1-4-22(12-17-20-18(21-25-17)16-6-5-11-26-16)19(23)14-7-9-15(10-8-14)24-13(2)3/h5-11,13H,4,12H2,1-3H3. The van der Waals surface area contributed by atoms with Crippen LogP contribution in [0.3, 0.4) is 0 Å². The van der Waals surface area contributed by atoms with Gasteiger partial charge in [0.15, 0.2) is 0 Å². The van der Waals surface area contributed by atoms with Crippen LogP contribution < -0.4 is 4.74 Å². The minimum absolute atomic E-state index is 0.0838. The van der Waals surface area contributed by atoms with Crippen LogP contribution in [0.4, 0.5) is 0 Å². The van der Waals surface area contributed by atoms with Gasteiger partial charge in [0.1, 0.15) is 12.3 Å². The van der Waals surface area contributed by atoms with E-state index in [9.17, 15) is 4.79 Å². The topological polar surface area (TPSA) is 68.5 Å². The van der Waals surface area contributed by atoms with Gasteiger partial charge in [-0.1, -0.05) is 11.2 Å². The minimum atomic E-state index is -0.0838. The number of aromatic nitrogens is 2. The van der Waals surface area contributed by atoms with Crippen molar-refractivity contribution >= 4 is 17.2 Å². The Bertz CT molecular complexity index is 841. The summed E-state index contributed by atoms with van der Waals surface area (Å²) in [5, 5.41) is 5.95. The van der Waals surface area contributed by atoms with Crippen LogP contribution in [0.2, 0.25) is 0 Å². The van der Waals surface area contributed by atoms with Crippen molar-refractivity contribution in [3.05, 3.63) is 53.2 Å². The fourth-order valence-corrected chi connectivity index (χ4v) is 3.10. The van der Waals surface area contributed by atoms with Gasteiger partial charge < -0.3 is 14.2 Å². The summed E-state index contributed by atoms with van der Waals surface area (Å²) in [6.07, 6.45) is 0.0961. The first-order valence-corrected chi connectivity index (χ1v) is 9.37. The molecule has 1 amide bonds. The van der Waals surface area contributed by atoms with Gasteiger partial charge in [0.2, 0.25) is 11.7 Å².